The van der Waals surface area contributed by atoms with Crippen molar-refractivity contribution in [1.82, 2.24) is 14.5 Å². The fraction of sp³-hybridized carbons (Fsp3) is 0.286. The average Bonchev–Trinajstić information content (AvgIpc) is 3.57. The number of carboxylic acid groups (broad SMARTS) is 1. The molecule has 3 N–H and O–H groups in total. The molecule has 0 bridgehead atoms. The Morgan fingerprint density at radius 1 is 1.21 bits per heavy atom. The van der Waals surface area contributed by atoms with Gasteiger partial charge in [-0.05, 0) is 18.1 Å². The van der Waals surface area contributed by atoms with Crippen LogP contribution in [0.25, 0.3) is 33.3 Å². The first kappa shape index (κ1) is 24.9. The minimum atomic E-state index is -1.34. The molecular weight excluding hydrogens is 508 g/mol. The first-order valence-electron chi connectivity index (χ1n) is 12.5. The van der Waals surface area contributed by atoms with E-state index >= 15 is 4.39 Å². The summed E-state index contributed by atoms with van der Waals surface area (Å²) in [5, 5.41) is 22.4. The third-order valence-corrected chi connectivity index (χ3v) is 7.74. The van der Waals surface area contributed by atoms with Gasteiger partial charge in [0.2, 0.25) is 5.43 Å². The fourth-order valence-corrected chi connectivity index (χ4v) is 5.82. The molecule has 200 valence electrons. The zero-order valence-corrected chi connectivity index (χ0v) is 21.3. The standard InChI is InChI=1S/C28H25F2N5O4/c1-31-20-7-19(29)24(30)22-15(20)6-21-23(22)25(35-4-3-13(10-35)12-36)17(9-32-21)14-5-16-26(37)18(28(38)39)11-34(2)27(16)33-8-14/h5,7-9,11,13,31,36H,3-4,6,10,12H2,1-2H3,(H,38,39)/t13-/m1/s1. The maximum atomic E-state index is 15.5. The van der Waals surface area contributed by atoms with Gasteiger partial charge in [-0.15, -0.1) is 0 Å². The van der Waals surface area contributed by atoms with Crippen LogP contribution >= 0.6 is 0 Å². The smallest absolute Gasteiger partial charge is 0.341 e. The van der Waals surface area contributed by atoms with E-state index in [1.165, 1.54) is 10.8 Å². The Kier molecular flexibility index (Phi) is 5.83. The van der Waals surface area contributed by atoms with Gasteiger partial charge in [-0.25, -0.2) is 18.6 Å². The van der Waals surface area contributed by atoms with E-state index in [4.69, 9.17) is 0 Å². The quantitative estimate of drug-likeness (QED) is 0.315. The van der Waals surface area contributed by atoms with Gasteiger partial charge in [-0.2, -0.15) is 0 Å². The minimum absolute atomic E-state index is 0.00583. The van der Waals surface area contributed by atoms with Crippen LogP contribution in [0.5, 0.6) is 0 Å². The molecule has 0 radical (unpaired) electrons. The van der Waals surface area contributed by atoms with E-state index < -0.39 is 23.0 Å². The predicted molar refractivity (Wildman–Crippen MR) is 142 cm³/mol. The van der Waals surface area contributed by atoms with Crippen LogP contribution in [-0.4, -0.2) is 57.5 Å². The second-order valence-corrected chi connectivity index (χ2v) is 10.0. The topological polar surface area (TPSA) is 121 Å². The summed E-state index contributed by atoms with van der Waals surface area (Å²) >= 11 is 0. The van der Waals surface area contributed by atoms with Crippen molar-refractivity contribution < 1.29 is 23.8 Å². The van der Waals surface area contributed by atoms with Gasteiger partial charge in [0.15, 0.2) is 11.6 Å². The molecule has 4 heterocycles. The van der Waals surface area contributed by atoms with Gasteiger partial charge in [0.25, 0.3) is 0 Å². The molecule has 6 rings (SSSR count). The Morgan fingerprint density at radius 2 is 2.00 bits per heavy atom. The van der Waals surface area contributed by atoms with Crippen molar-refractivity contribution in [3.63, 3.8) is 0 Å². The lowest BCUT2D eigenvalue weighted by molar-refractivity contribution is 0.0695. The molecule has 9 nitrogen and oxygen atoms in total. The Labute approximate surface area is 221 Å². The zero-order valence-electron chi connectivity index (χ0n) is 21.3. The number of aryl methyl sites for hydroxylation is 1. The van der Waals surface area contributed by atoms with E-state index in [0.29, 0.717) is 70.9 Å². The highest BCUT2D eigenvalue weighted by molar-refractivity contribution is 5.98. The lowest BCUT2D eigenvalue weighted by atomic mass is 9.97. The summed E-state index contributed by atoms with van der Waals surface area (Å²) < 4.78 is 31.7. The number of benzene rings is 1. The van der Waals surface area contributed by atoms with Gasteiger partial charge in [-0.1, -0.05) is 0 Å². The number of anilines is 2. The maximum Gasteiger partial charge on any atom is 0.341 e. The molecular formula is C28H25F2N5O4. The second kappa shape index (κ2) is 9.12. The van der Waals surface area contributed by atoms with E-state index in [1.807, 2.05) is 4.90 Å². The Morgan fingerprint density at radius 3 is 2.69 bits per heavy atom. The monoisotopic (exact) mass is 533 g/mol. The molecule has 2 aliphatic rings. The second-order valence-electron chi connectivity index (χ2n) is 10.0. The number of hydrogen-bond acceptors (Lipinski definition) is 7. The lowest BCUT2D eigenvalue weighted by Gasteiger charge is -2.26. The number of aromatic carboxylic acids is 1. The summed E-state index contributed by atoms with van der Waals surface area (Å²) in [6.07, 6.45) is 5.45. The number of nitrogens with one attached hydrogen (secondary N) is 1. The van der Waals surface area contributed by atoms with Gasteiger partial charge in [0.05, 0.1) is 16.8 Å². The van der Waals surface area contributed by atoms with E-state index in [-0.39, 0.29) is 29.0 Å². The Hall–Kier alpha value is -4.38. The molecule has 4 aromatic rings. The van der Waals surface area contributed by atoms with Crippen molar-refractivity contribution in [2.24, 2.45) is 13.0 Å². The molecule has 0 amide bonds. The molecule has 1 aliphatic heterocycles. The van der Waals surface area contributed by atoms with Crippen LogP contribution in [-0.2, 0) is 13.5 Å². The maximum absolute atomic E-state index is 15.5. The molecule has 0 saturated carbocycles. The minimum Gasteiger partial charge on any atom is -0.477 e. The van der Waals surface area contributed by atoms with Gasteiger partial charge >= 0.3 is 5.97 Å². The molecule has 0 unspecified atom stereocenters. The number of aliphatic hydroxyl groups excluding tert-OH is 1. The van der Waals surface area contributed by atoms with Crippen LogP contribution in [0, 0.1) is 17.6 Å². The molecule has 3 aromatic heterocycles. The Bertz CT molecular complexity index is 1750. The van der Waals surface area contributed by atoms with E-state index in [9.17, 15) is 24.2 Å². The number of rotatable bonds is 5. The molecule has 0 spiro atoms. The molecule has 1 fully saturated rings. The highest BCUT2D eigenvalue weighted by atomic mass is 19.2. The van der Waals surface area contributed by atoms with Crippen molar-refractivity contribution in [2.75, 3.05) is 37.0 Å². The zero-order chi connectivity index (χ0) is 27.6. The van der Waals surface area contributed by atoms with E-state index in [0.717, 1.165) is 6.07 Å². The van der Waals surface area contributed by atoms with Crippen LogP contribution in [0.1, 0.15) is 28.0 Å². The number of aliphatic hydroxyl groups is 1. The number of carboxylic acids is 1. The summed E-state index contributed by atoms with van der Waals surface area (Å²) in [7, 11) is 3.25. The number of aromatic nitrogens is 3. The summed E-state index contributed by atoms with van der Waals surface area (Å²) in [6, 6.07) is 2.71. The van der Waals surface area contributed by atoms with E-state index in [2.05, 4.69) is 15.3 Å². The number of nitrogens with zero attached hydrogens (tertiary/aromatic N) is 4. The number of pyridine rings is 3. The third kappa shape index (κ3) is 3.75. The number of carbonyl (C=O) groups is 1. The third-order valence-electron chi connectivity index (χ3n) is 7.74. The molecule has 1 aromatic carbocycles. The SMILES string of the molecule is CNc1cc(F)c(F)c2c1Cc1ncc(-c3cnc4c(c3)c(=O)c(C(=O)O)cn4C)c(N3CC[C@@H](CO)C3)c1-2. The van der Waals surface area contributed by atoms with Gasteiger partial charge < -0.3 is 25.0 Å². The van der Waals surface area contributed by atoms with E-state index in [1.54, 1.807) is 32.6 Å². The molecule has 39 heavy (non-hydrogen) atoms. The fourth-order valence-electron chi connectivity index (χ4n) is 5.82. The van der Waals surface area contributed by atoms with Crippen LogP contribution < -0.4 is 15.6 Å². The largest absolute Gasteiger partial charge is 0.477 e. The molecule has 1 atom stereocenters. The average molecular weight is 534 g/mol. The number of halogens is 2. The van der Waals surface area contributed by atoms with Crippen LogP contribution in [0.4, 0.5) is 20.2 Å². The van der Waals surface area contributed by atoms with Crippen molar-refractivity contribution in [3.8, 4) is 22.3 Å². The number of hydrogen-bond donors (Lipinski definition) is 3. The molecule has 1 saturated heterocycles. The van der Waals surface area contributed by atoms with Crippen molar-refractivity contribution in [2.45, 2.75) is 12.8 Å². The number of fused-ring (bicyclic) bond motifs is 4. The highest BCUT2D eigenvalue weighted by Crippen LogP contribution is 2.50. The summed E-state index contributed by atoms with van der Waals surface area (Å²) in [5.41, 5.74) is 3.20. The van der Waals surface area contributed by atoms with Crippen LogP contribution in [0.2, 0.25) is 0 Å². The molecule has 11 heteroatoms. The van der Waals surface area contributed by atoms with Crippen molar-refractivity contribution in [3.05, 3.63) is 69.4 Å². The van der Waals surface area contributed by atoms with Crippen molar-refractivity contribution >= 4 is 28.4 Å². The van der Waals surface area contributed by atoms with Gasteiger partial charge in [0, 0.05) is 98.7 Å². The summed E-state index contributed by atoms with van der Waals surface area (Å²) in [6.45, 7) is 1.07. The molecule has 1 aliphatic carbocycles. The summed E-state index contributed by atoms with van der Waals surface area (Å²) in [5.74, 6) is -3.27. The Balaban J connectivity index is 1.65. The first-order valence-corrected chi connectivity index (χ1v) is 12.5. The first-order chi connectivity index (χ1) is 18.7. The summed E-state index contributed by atoms with van der Waals surface area (Å²) in [4.78, 5) is 35.8. The van der Waals surface area contributed by atoms with Gasteiger partial charge in [0.1, 0.15) is 11.2 Å². The normalized spacial score (nSPS) is 16.0. The van der Waals surface area contributed by atoms with Crippen LogP contribution in [0.3, 0.4) is 0 Å². The lowest BCUT2D eigenvalue weighted by Crippen LogP contribution is -2.23. The van der Waals surface area contributed by atoms with Crippen LogP contribution in [0.15, 0.2) is 35.5 Å². The highest BCUT2D eigenvalue weighted by Gasteiger charge is 2.35. The predicted octanol–water partition coefficient (Wildman–Crippen LogP) is 3.40. The van der Waals surface area contributed by atoms with Gasteiger partial charge in [-0.3, -0.25) is 9.78 Å². The van der Waals surface area contributed by atoms with Crippen molar-refractivity contribution in [1.29, 1.82) is 0 Å².